The van der Waals surface area contributed by atoms with E-state index in [0.717, 1.165) is 6.07 Å². The number of nitrogens with zero attached hydrogens (tertiary/aromatic N) is 2. The Bertz CT molecular complexity index is 567. The Morgan fingerprint density at radius 1 is 1.28 bits per heavy atom. The van der Waals surface area contributed by atoms with Crippen molar-refractivity contribution in [3.05, 3.63) is 35.5 Å². The monoisotopic (exact) mass is 280 g/mol. The Balaban J connectivity index is 2.47. The van der Waals surface area contributed by atoms with Gasteiger partial charge in [0.15, 0.2) is 0 Å². The molecule has 1 aromatic heterocycles. The fourth-order valence-electron chi connectivity index (χ4n) is 1.31. The van der Waals surface area contributed by atoms with Gasteiger partial charge in [-0.3, -0.25) is 0 Å². The largest absolute Gasteiger partial charge is 0.419 e. The number of benzene rings is 1. The minimum absolute atomic E-state index is 0.00356. The number of aromatic nitrogens is 2. The zero-order valence-corrected chi connectivity index (χ0v) is 9.39. The summed E-state index contributed by atoms with van der Waals surface area (Å²) >= 11 is 5.42. The zero-order valence-electron chi connectivity index (χ0n) is 8.63. The number of halogens is 5. The molecule has 0 amide bonds. The quantitative estimate of drug-likeness (QED) is 0.623. The lowest BCUT2D eigenvalue weighted by Gasteiger charge is -2.08. The van der Waals surface area contributed by atoms with Gasteiger partial charge in [0.25, 0.3) is 0 Å². The van der Waals surface area contributed by atoms with E-state index in [4.69, 9.17) is 11.6 Å². The molecule has 2 rings (SSSR count). The fraction of sp³-hybridized carbons (Fsp3) is 0.200. The van der Waals surface area contributed by atoms with E-state index in [0.29, 0.717) is 12.1 Å². The average Bonchev–Trinajstić information content (AvgIpc) is 2.76. The third kappa shape index (κ3) is 2.45. The smallest absolute Gasteiger partial charge is 0.338 e. The molecular weight excluding hydrogens is 276 g/mol. The molecule has 0 spiro atoms. The molecule has 0 atom stereocenters. The second-order valence-electron chi connectivity index (χ2n) is 3.34. The molecule has 8 heteroatoms. The molecule has 0 saturated carbocycles. The van der Waals surface area contributed by atoms with Crippen LogP contribution in [-0.2, 0) is 12.1 Å². The van der Waals surface area contributed by atoms with Crippen molar-refractivity contribution in [2.75, 3.05) is 0 Å². The molecule has 2 aromatic rings. The van der Waals surface area contributed by atoms with E-state index in [1.807, 2.05) is 0 Å². The molecule has 0 aliphatic rings. The van der Waals surface area contributed by atoms with Crippen molar-refractivity contribution in [2.24, 2.45) is 0 Å². The van der Waals surface area contributed by atoms with E-state index in [-0.39, 0.29) is 23.2 Å². The molecule has 0 saturated heterocycles. The first-order chi connectivity index (χ1) is 8.41. The van der Waals surface area contributed by atoms with Crippen molar-refractivity contribution in [3.63, 3.8) is 0 Å². The Labute approximate surface area is 103 Å². The van der Waals surface area contributed by atoms with E-state index in [1.54, 1.807) is 0 Å². The summed E-state index contributed by atoms with van der Waals surface area (Å²) in [5, 5.41) is 3.45. The molecule has 0 radical (unpaired) electrons. The van der Waals surface area contributed by atoms with Crippen molar-refractivity contribution in [2.45, 2.75) is 12.1 Å². The standard InChI is InChI=1S/C10H5ClF4N2O/c11-4-8-16-9(17-18-8)5-1-2-7(12)6(3-5)10(13,14)15/h1-3H,4H2. The average molecular weight is 281 g/mol. The summed E-state index contributed by atoms with van der Waals surface area (Å²) in [6.07, 6.45) is -4.78. The van der Waals surface area contributed by atoms with Crippen molar-refractivity contribution >= 4 is 11.6 Å². The minimum atomic E-state index is -4.78. The van der Waals surface area contributed by atoms with Crippen molar-refractivity contribution in [1.29, 1.82) is 0 Å². The lowest BCUT2D eigenvalue weighted by Crippen LogP contribution is -2.08. The summed E-state index contributed by atoms with van der Waals surface area (Å²) in [5.41, 5.74) is -1.37. The van der Waals surface area contributed by atoms with Crippen LogP contribution in [0, 0.1) is 5.82 Å². The van der Waals surface area contributed by atoms with Gasteiger partial charge in [-0.2, -0.15) is 18.2 Å². The molecule has 0 N–H and O–H groups in total. The lowest BCUT2D eigenvalue weighted by molar-refractivity contribution is -0.139. The minimum Gasteiger partial charge on any atom is -0.338 e. The van der Waals surface area contributed by atoms with Crippen LogP contribution >= 0.6 is 11.6 Å². The van der Waals surface area contributed by atoms with E-state index < -0.39 is 17.6 Å². The van der Waals surface area contributed by atoms with Crippen LogP contribution in [0.25, 0.3) is 11.4 Å². The molecule has 0 aliphatic carbocycles. The molecule has 18 heavy (non-hydrogen) atoms. The van der Waals surface area contributed by atoms with Gasteiger partial charge in [-0.05, 0) is 18.2 Å². The summed E-state index contributed by atoms with van der Waals surface area (Å²) < 4.78 is 55.2. The van der Waals surface area contributed by atoms with Crippen molar-refractivity contribution < 1.29 is 22.1 Å². The first-order valence-electron chi connectivity index (χ1n) is 4.67. The SMILES string of the molecule is Fc1ccc(-c2noc(CCl)n2)cc1C(F)(F)F. The van der Waals surface area contributed by atoms with Gasteiger partial charge in [0.1, 0.15) is 11.7 Å². The van der Waals surface area contributed by atoms with Crippen LogP contribution in [0.2, 0.25) is 0 Å². The summed E-state index contributed by atoms with van der Waals surface area (Å²) in [5.74, 6) is -1.41. The van der Waals surface area contributed by atoms with E-state index in [9.17, 15) is 17.6 Å². The summed E-state index contributed by atoms with van der Waals surface area (Å²) in [4.78, 5) is 3.75. The van der Waals surface area contributed by atoms with Gasteiger partial charge in [-0.1, -0.05) is 5.16 Å². The number of rotatable bonds is 2. The normalized spacial score (nSPS) is 11.8. The lowest BCUT2D eigenvalue weighted by atomic mass is 10.1. The van der Waals surface area contributed by atoms with Crippen LogP contribution in [-0.4, -0.2) is 10.1 Å². The van der Waals surface area contributed by atoms with Crippen LogP contribution < -0.4 is 0 Å². The number of alkyl halides is 4. The second kappa shape index (κ2) is 4.56. The first-order valence-corrected chi connectivity index (χ1v) is 5.21. The van der Waals surface area contributed by atoms with Gasteiger partial charge in [-0.25, -0.2) is 4.39 Å². The maximum absolute atomic E-state index is 13.0. The third-order valence-electron chi connectivity index (χ3n) is 2.11. The Morgan fingerprint density at radius 3 is 2.56 bits per heavy atom. The Morgan fingerprint density at radius 2 is 2.00 bits per heavy atom. The molecule has 1 heterocycles. The zero-order chi connectivity index (χ0) is 13.3. The highest BCUT2D eigenvalue weighted by atomic mass is 35.5. The predicted octanol–water partition coefficient (Wildman–Crippen LogP) is 3.63. The highest BCUT2D eigenvalue weighted by Gasteiger charge is 2.34. The molecule has 1 aromatic carbocycles. The molecule has 0 aliphatic heterocycles. The topological polar surface area (TPSA) is 38.9 Å². The Kier molecular flexibility index (Phi) is 3.25. The maximum atomic E-state index is 13.0. The van der Waals surface area contributed by atoms with E-state index in [2.05, 4.69) is 14.7 Å². The number of hydrogen-bond acceptors (Lipinski definition) is 3. The summed E-state index contributed by atoms with van der Waals surface area (Å²) in [7, 11) is 0. The van der Waals surface area contributed by atoms with Crippen molar-refractivity contribution in [3.8, 4) is 11.4 Å². The van der Waals surface area contributed by atoms with Crippen molar-refractivity contribution in [1.82, 2.24) is 10.1 Å². The molecular formula is C10H5ClF4N2O. The van der Waals surface area contributed by atoms with Crippen LogP contribution in [0.4, 0.5) is 17.6 Å². The highest BCUT2D eigenvalue weighted by molar-refractivity contribution is 6.16. The van der Waals surface area contributed by atoms with Gasteiger partial charge < -0.3 is 4.52 Å². The van der Waals surface area contributed by atoms with Gasteiger partial charge in [-0.15, -0.1) is 11.6 Å². The molecule has 0 fully saturated rings. The summed E-state index contributed by atoms with van der Waals surface area (Å²) in [6.45, 7) is 0. The van der Waals surface area contributed by atoms with Crippen LogP contribution in [0.3, 0.4) is 0 Å². The molecule has 96 valence electrons. The van der Waals surface area contributed by atoms with Crippen LogP contribution in [0.15, 0.2) is 22.7 Å². The molecule has 0 bridgehead atoms. The van der Waals surface area contributed by atoms with E-state index in [1.165, 1.54) is 0 Å². The van der Waals surface area contributed by atoms with Gasteiger partial charge in [0.2, 0.25) is 11.7 Å². The predicted molar refractivity (Wildman–Crippen MR) is 54.3 cm³/mol. The highest BCUT2D eigenvalue weighted by Crippen LogP contribution is 2.33. The summed E-state index contributed by atoms with van der Waals surface area (Å²) in [6, 6.07) is 2.46. The van der Waals surface area contributed by atoms with Crippen LogP contribution in [0.5, 0.6) is 0 Å². The van der Waals surface area contributed by atoms with Gasteiger partial charge >= 0.3 is 6.18 Å². The number of hydrogen-bond donors (Lipinski definition) is 0. The van der Waals surface area contributed by atoms with Gasteiger partial charge in [0.05, 0.1) is 5.56 Å². The maximum Gasteiger partial charge on any atom is 0.419 e. The first kappa shape index (κ1) is 12.8. The van der Waals surface area contributed by atoms with Gasteiger partial charge in [0, 0.05) is 5.56 Å². The van der Waals surface area contributed by atoms with E-state index >= 15 is 0 Å². The second-order valence-corrected chi connectivity index (χ2v) is 3.60. The fourth-order valence-corrected chi connectivity index (χ4v) is 1.42. The molecule has 0 unspecified atom stereocenters. The molecule has 3 nitrogen and oxygen atoms in total. The third-order valence-corrected chi connectivity index (χ3v) is 2.34. The van der Waals surface area contributed by atoms with Crippen LogP contribution in [0.1, 0.15) is 11.5 Å². The Hall–Kier alpha value is -1.63.